The van der Waals surface area contributed by atoms with Crippen molar-refractivity contribution in [3.05, 3.63) is 34.9 Å². The molecule has 0 aliphatic heterocycles. The van der Waals surface area contributed by atoms with Crippen LogP contribution in [0, 0.1) is 5.41 Å². The number of benzene rings is 1. The van der Waals surface area contributed by atoms with E-state index >= 15 is 0 Å². The maximum Gasteiger partial charge on any atom is 0.231 e. The Labute approximate surface area is 118 Å². The highest BCUT2D eigenvalue weighted by molar-refractivity contribution is 7.80. The highest BCUT2D eigenvalue weighted by Gasteiger charge is 2.21. The number of hydrogen-bond donors (Lipinski definition) is 2. The molecule has 1 aromatic rings. The minimum absolute atomic E-state index is 0.112. The largest absolute Gasteiger partial charge is 0.358 e. The van der Waals surface area contributed by atoms with Crippen LogP contribution in [0.15, 0.2) is 24.3 Å². The second-order valence-electron chi connectivity index (χ2n) is 4.98. The van der Waals surface area contributed by atoms with Gasteiger partial charge in [0.1, 0.15) is 0 Å². The Morgan fingerprint density at radius 2 is 1.94 bits per heavy atom. The lowest BCUT2D eigenvalue weighted by Gasteiger charge is -2.18. The van der Waals surface area contributed by atoms with Crippen molar-refractivity contribution in [3.63, 3.8) is 0 Å². The Balaban J connectivity index is 2.48. The van der Waals surface area contributed by atoms with Crippen LogP contribution in [0.3, 0.4) is 0 Å². The Bertz CT molecular complexity index is 455. The summed E-state index contributed by atoms with van der Waals surface area (Å²) in [7, 11) is 0. The fourth-order valence-corrected chi connectivity index (χ4v) is 1.52. The molecular weight excluding hydrogens is 268 g/mol. The lowest BCUT2D eigenvalue weighted by molar-refractivity contribution is -0.126. The molecule has 0 aliphatic rings. The topological polar surface area (TPSA) is 41.1 Å². The van der Waals surface area contributed by atoms with Crippen LogP contribution >= 0.6 is 23.8 Å². The molecule has 0 saturated heterocycles. The van der Waals surface area contributed by atoms with Crippen molar-refractivity contribution >= 4 is 34.8 Å². The van der Waals surface area contributed by atoms with Gasteiger partial charge in [-0.3, -0.25) is 4.79 Å². The summed E-state index contributed by atoms with van der Waals surface area (Å²) in [6.07, 6.45) is 0. The maximum absolute atomic E-state index is 11.7. The van der Waals surface area contributed by atoms with Crippen LogP contribution in [0.25, 0.3) is 0 Å². The summed E-state index contributed by atoms with van der Waals surface area (Å²) < 4.78 is 0. The van der Waals surface area contributed by atoms with Gasteiger partial charge in [0.05, 0.1) is 0 Å². The monoisotopic (exact) mass is 284 g/mol. The van der Waals surface area contributed by atoms with Gasteiger partial charge in [0, 0.05) is 17.0 Å². The summed E-state index contributed by atoms with van der Waals surface area (Å²) in [5.74, 6) is -0.112. The highest BCUT2D eigenvalue weighted by Crippen LogP contribution is 2.14. The Kier molecular flexibility index (Phi) is 5.11. The number of hydrogen-bond acceptors (Lipinski definition) is 2. The average molecular weight is 285 g/mol. The molecule has 0 saturated carbocycles. The summed E-state index contributed by atoms with van der Waals surface area (Å²) in [5.41, 5.74) is 0.474. The molecule has 18 heavy (non-hydrogen) atoms. The molecule has 1 aromatic carbocycles. The average Bonchev–Trinajstić information content (AvgIpc) is 2.26. The fourth-order valence-electron chi connectivity index (χ4n) is 1.15. The van der Waals surface area contributed by atoms with Crippen LogP contribution in [0.5, 0.6) is 0 Å². The zero-order valence-electron chi connectivity index (χ0n) is 10.7. The van der Waals surface area contributed by atoms with Crippen molar-refractivity contribution in [1.29, 1.82) is 0 Å². The minimum Gasteiger partial charge on any atom is -0.358 e. The second kappa shape index (κ2) is 6.16. The van der Waals surface area contributed by atoms with Crippen LogP contribution in [0.4, 0.5) is 0 Å². The first-order chi connectivity index (χ1) is 8.30. The van der Waals surface area contributed by atoms with Crippen LogP contribution in [-0.2, 0) is 11.3 Å². The number of carbonyl (C=O) groups excluding carboxylic acids is 1. The van der Waals surface area contributed by atoms with Gasteiger partial charge in [0.15, 0.2) is 5.11 Å². The van der Waals surface area contributed by atoms with E-state index in [1.807, 2.05) is 45.0 Å². The Morgan fingerprint density at radius 3 is 2.50 bits per heavy atom. The van der Waals surface area contributed by atoms with Crippen molar-refractivity contribution in [2.75, 3.05) is 0 Å². The molecule has 3 nitrogen and oxygen atoms in total. The molecule has 0 fully saturated rings. The highest BCUT2D eigenvalue weighted by atomic mass is 35.5. The molecule has 98 valence electrons. The molecule has 1 amide bonds. The molecule has 0 aromatic heterocycles. The quantitative estimate of drug-likeness (QED) is 0.821. The third-order valence-corrected chi connectivity index (χ3v) is 2.92. The lowest BCUT2D eigenvalue weighted by atomic mass is 9.96. The van der Waals surface area contributed by atoms with Crippen molar-refractivity contribution in [3.8, 4) is 0 Å². The third kappa shape index (κ3) is 4.63. The normalized spacial score (nSPS) is 10.9. The van der Waals surface area contributed by atoms with Gasteiger partial charge in [0.25, 0.3) is 0 Å². The second-order valence-corrected chi connectivity index (χ2v) is 5.79. The van der Waals surface area contributed by atoms with Gasteiger partial charge in [-0.05, 0) is 23.8 Å². The predicted octanol–water partition coefficient (Wildman–Crippen LogP) is 2.88. The molecule has 0 radical (unpaired) electrons. The first-order valence-electron chi connectivity index (χ1n) is 5.63. The summed E-state index contributed by atoms with van der Waals surface area (Å²) in [4.78, 5) is 11.7. The minimum atomic E-state index is -0.462. The van der Waals surface area contributed by atoms with Gasteiger partial charge in [-0.1, -0.05) is 50.6 Å². The molecule has 0 unspecified atom stereocenters. The van der Waals surface area contributed by atoms with Crippen molar-refractivity contribution in [2.45, 2.75) is 27.3 Å². The predicted molar refractivity (Wildman–Crippen MR) is 78.5 cm³/mol. The van der Waals surface area contributed by atoms with Gasteiger partial charge in [0.2, 0.25) is 5.91 Å². The molecule has 2 N–H and O–H groups in total. The van der Waals surface area contributed by atoms with E-state index in [1.54, 1.807) is 0 Å². The van der Waals surface area contributed by atoms with E-state index in [2.05, 4.69) is 10.6 Å². The van der Waals surface area contributed by atoms with E-state index in [-0.39, 0.29) is 5.91 Å². The molecule has 1 rings (SSSR count). The van der Waals surface area contributed by atoms with Crippen LogP contribution in [-0.4, -0.2) is 11.0 Å². The standard InChI is InChI=1S/C13H17ClN2OS/c1-13(2,3)11(17)16-12(18)15-8-9-6-4-5-7-10(9)14/h4-7H,8H2,1-3H3,(H2,15,16,17,18). The Morgan fingerprint density at radius 1 is 1.33 bits per heavy atom. The molecule has 0 atom stereocenters. The van der Waals surface area contributed by atoms with E-state index in [4.69, 9.17) is 23.8 Å². The smallest absolute Gasteiger partial charge is 0.231 e. The van der Waals surface area contributed by atoms with Crippen molar-refractivity contribution < 1.29 is 4.79 Å². The SMILES string of the molecule is CC(C)(C)C(=O)NC(=S)NCc1ccccc1Cl. The van der Waals surface area contributed by atoms with E-state index in [0.717, 1.165) is 5.56 Å². The molecule has 0 spiro atoms. The number of thiocarbonyl (C=S) groups is 1. The van der Waals surface area contributed by atoms with E-state index in [9.17, 15) is 4.79 Å². The van der Waals surface area contributed by atoms with Gasteiger partial charge in [-0.15, -0.1) is 0 Å². The van der Waals surface area contributed by atoms with E-state index in [1.165, 1.54) is 0 Å². The number of rotatable bonds is 2. The van der Waals surface area contributed by atoms with Gasteiger partial charge >= 0.3 is 0 Å². The third-order valence-electron chi connectivity index (χ3n) is 2.31. The summed E-state index contributed by atoms with van der Waals surface area (Å²) >= 11 is 11.1. The first-order valence-corrected chi connectivity index (χ1v) is 6.42. The number of nitrogens with one attached hydrogen (secondary N) is 2. The number of amides is 1. The Hall–Kier alpha value is -1.13. The summed E-state index contributed by atoms with van der Waals surface area (Å²) in [6, 6.07) is 7.49. The fraction of sp³-hybridized carbons (Fsp3) is 0.385. The van der Waals surface area contributed by atoms with Gasteiger partial charge in [-0.25, -0.2) is 0 Å². The van der Waals surface area contributed by atoms with Crippen molar-refractivity contribution in [2.24, 2.45) is 5.41 Å². The van der Waals surface area contributed by atoms with Crippen molar-refractivity contribution in [1.82, 2.24) is 10.6 Å². The zero-order chi connectivity index (χ0) is 13.8. The molecular formula is C13H17ClN2OS. The number of halogens is 1. The lowest BCUT2D eigenvalue weighted by Crippen LogP contribution is -2.44. The van der Waals surface area contributed by atoms with Gasteiger partial charge in [-0.2, -0.15) is 0 Å². The zero-order valence-corrected chi connectivity index (χ0v) is 12.3. The number of carbonyl (C=O) groups is 1. The molecule has 5 heteroatoms. The van der Waals surface area contributed by atoms with Crippen LogP contribution in [0.2, 0.25) is 5.02 Å². The van der Waals surface area contributed by atoms with Crippen LogP contribution in [0.1, 0.15) is 26.3 Å². The van der Waals surface area contributed by atoms with Gasteiger partial charge < -0.3 is 10.6 Å². The first kappa shape index (κ1) is 14.9. The maximum atomic E-state index is 11.7. The van der Waals surface area contributed by atoms with E-state index in [0.29, 0.717) is 16.7 Å². The molecule has 0 aliphatic carbocycles. The summed E-state index contributed by atoms with van der Waals surface area (Å²) in [6.45, 7) is 5.99. The molecule has 0 heterocycles. The van der Waals surface area contributed by atoms with Crippen LogP contribution < -0.4 is 10.6 Å². The molecule has 0 bridgehead atoms. The summed E-state index contributed by atoms with van der Waals surface area (Å²) in [5, 5.41) is 6.60. The van der Waals surface area contributed by atoms with E-state index < -0.39 is 5.41 Å².